The summed E-state index contributed by atoms with van der Waals surface area (Å²) < 4.78 is 42.2. The summed E-state index contributed by atoms with van der Waals surface area (Å²) in [5.41, 5.74) is 7.98. The number of nitrogen functional groups attached to an aromatic ring is 1. The zero-order valence-electron chi connectivity index (χ0n) is 16.4. The Morgan fingerprint density at radius 1 is 0.690 bits per heavy atom. The van der Waals surface area contributed by atoms with Gasteiger partial charge in [0.15, 0.2) is 0 Å². The highest BCUT2D eigenvalue weighted by molar-refractivity contribution is 5.72. The van der Waals surface area contributed by atoms with Crippen molar-refractivity contribution in [3.05, 3.63) is 77.6 Å². The number of hydrogen-bond acceptors (Lipinski definition) is 1. The van der Waals surface area contributed by atoms with Crippen molar-refractivity contribution in [3.8, 4) is 22.3 Å². The smallest absolute Gasteiger partial charge is 0.149 e. The van der Waals surface area contributed by atoms with Crippen LogP contribution in [0.25, 0.3) is 22.3 Å². The van der Waals surface area contributed by atoms with Crippen molar-refractivity contribution in [1.29, 1.82) is 0 Å². The van der Waals surface area contributed by atoms with Crippen LogP contribution in [0.3, 0.4) is 0 Å². The summed E-state index contributed by atoms with van der Waals surface area (Å²) in [4.78, 5) is 0. The lowest BCUT2D eigenvalue weighted by Crippen LogP contribution is -2.10. The standard InChI is InChI=1S/C25H24F3N/c1-15-2-4-16(5-3-15)17-6-8-18(9-7-17)19-10-11-21(22(26)12-19)20-13-23(27)25(29)24(28)14-20/h6-16H,2-5,29H2,1H3. The summed E-state index contributed by atoms with van der Waals surface area (Å²) in [6.07, 6.45) is 4.98. The molecule has 0 aromatic heterocycles. The number of benzene rings is 3. The fourth-order valence-electron chi connectivity index (χ4n) is 4.21. The van der Waals surface area contributed by atoms with Gasteiger partial charge in [-0.25, -0.2) is 13.2 Å². The highest BCUT2D eigenvalue weighted by Gasteiger charge is 2.19. The molecule has 0 radical (unpaired) electrons. The van der Waals surface area contributed by atoms with Gasteiger partial charge in [0.1, 0.15) is 23.1 Å². The maximum Gasteiger partial charge on any atom is 0.149 e. The van der Waals surface area contributed by atoms with Crippen molar-refractivity contribution >= 4 is 5.69 Å². The molecule has 0 atom stereocenters. The van der Waals surface area contributed by atoms with Crippen LogP contribution in [0.1, 0.15) is 44.1 Å². The number of nitrogens with two attached hydrogens (primary N) is 1. The number of halogens is 3. The second kappa shape index (κ2) is 7.94. The van der Waals surface area contributed by atoms with E-state index in [4.69, 9.17) is 5.73 Å². The summed E-state index contributed by atoms with van der Waals surface area (Å²) in [6.45, 7) is 2.31. The fourth-order valence-corrected chi connectivity index (χ4v) is 4.21. The summed E-state index contributed by atoms with van der Waals surface area (Å²) in [7, 11) is 0. The Hall–Kier alpha value is -2.75. The van der Waals surface area contributed by atoms with E-state index in [1.807, 2.05) is 12.1 Å². The molecule has 3 aromatic rings. The lowest BCUT2D eigenvalue weighted by molar-refractivity contribution is 0.348. The highest BCUT2D eigenvalue weighted by Crippen LogP contribution is 2.36. The molecular weight excluding hydrogens is 371 g/mol. The lowest BCUT2D eigenvalue weighted by Gasteiger charge is -2.26. The lowest BCUT2D eigenvalue weighted by atomic mass is 9.79. The quantitative estimate of drug-likeness (QED) is 0.462. The molecule has 0 amide bonds. The third-order valence-corrected chi connectivity index (χ3v) is 6.09. The van der Waals surface area contributed by atoms with Crippen molar-refractivity contribution in [2.24, 2.45) is 5.92 Å². The van der Waals surface area contributed by atoms with Crippen LogP contribution in [0.5, 0.6) is 0 Å². The van der Waals surface area contributed by atoms with Gasteiger partial charge < -0.3 is 5.73 Å². The first-order valence-corrected chi connectivity index (χ1v) is 10.1. The van der Waals surface area contributed by atoms with Gasteiger partial charge in [-0.1, -0.05) is 56.2 Å². The van der Waals surface area contributed by atoms with E-state index in [2.05, 4.69) is 19.1 Å². The Balaban J connectivity index is 1.58. The molecule has 1 nitrogen and oxygen atoms in total. The van der Waals surface area contributed by atoms with Crippen LogP contribution in [-0.4, -0.2) is 0 Å². The maximum absolute atomic E-state index is 14.7. The largest absolute Gasteiger partial charge is 0.394 e. The molecule has 1 saturated carbocycles. The Morgan fingerprint density at radius 3 is 1.83 bits per heavy atom. The van der Waals surface area contributed by atoms with Gasteiger partial charge in [0.05, 0.1) is 0 Å². The van der Waals surface area contributed by atoms with Crippen molar-refractivity contribution in [1.82, 2.24) is 0 Å². The van der Waals surface area contributed by atoms with Crippen LogP contribution >= 0.6 is 0 Å². The number of rotatable bonds is 3. The van der Waals surface area contributed by atoms with Crippen molar-refractivity contribution in [3.63, 3.8) is 0 Å². The van der Waals surface area contributed by atoms with Gasteiger partial charge in [0.25, 0.3) is 0 Å². The zero-order valence-corrected chi connectivity index (χ0v) is 16.4. The monoisotopic (exact) mass is 395 g/mol. The Labute approximate surface area is 169 Å². The number of anilines is 1. The average Bonchev–Trinajstić information content (AvgIpc) is 2.72. The molecule has 2 N–H and O–H groups in total. The van der Waals surface area contributed by atoms with Crippen LogP contribution < -0.4 is 5.73 Å². The maximum atomic E-state index is 14.7. The van der Waals surface area contributed by atoms with E-state index in [0.717, 1.165) is 29.2 Å². The van der Waals surface area contributed by atoms with Gasteiger partial charge in [-0.2, -0.15) is 0 Å². The third kappa shape index (κ3) is 4.02. The molecule has 0 aliphatic heterocycles. The summed E-state index contributed by atoms with van der Waals surface area (Å²) >= 11 is 0. The highest BCUT2D eigenvalue weighted by atomic mass is 19.1. The Morgan fingerprint density at radius 2 is 1.24 bits per heavy atom. The van der Waals surface area contributed by atoms with Crippen LogP contribution in [-0.2, 0) is 0 Å². The third-order valence-electron chi connectivity index (χ3n) is 6.09. The van der Waals surface area contributed by atoms with E-state index in [1.165, 1.54) is 37.3 Å². The minimum atomic E-state index is -0.892. The summed E-state index contributed by atoms with van der Waals surface area (Å²) in [5.74, 6) is -0.895. The SMILES string of the molecule is CC1CCC(c2ccc(-c3ccc(-c4cc(F)c(N)c(F)c4)c(F)c3)cc2)CC1. The molecule has 4 rings (SSSR count). The molecular formula is C25H24F3N. The molecule has 150 valence electrons. The van der Waals surface area contributed by atoms with Gasteiger partial charge >= 0.3 is 0 Å². The summed E-state index contributed by atoms with van der Waals surface area (Å²) in [5, 5.41) is 0. The van der Waals surface area contributed by atoms with E-state index in [9.17, 15) is 13.2 Å². The van der Waals surface area contributed by atoms with Crippen molar-refractivity contribution in [2.45, 2.75) is 38.5 Å². The minimum absolute atomic E-state index is 0.125. The topological polar surface area (TPSA) is 26.0 Å². The summed E-state index contributed by atoms with van der Waals surface area (Å²) in [6, 6.07) is 15.1. The van der Waals surface area contributed by atoms with Gasteiger partial charge in [-0.3, -0.25) is 0 Å². The number of hydrogen-bond donors (Lipinski definition) is 1. The van der Waals surface area contributed by atoms with Gasteiger partial charge in [0.2, 0.25) is 0 Å². The van der Waals surface area contributed by atoms with E-state index >= 15 is 0 Å². The predicted molar refractivity (Wildman–Crippen MR) is 112 cm³/mol. The van der Waals surface area contributed by atoms with Crippen LogP contribution in [0, 0.1) is 23.4 Å². The first-order chi connectivity index (χ1) is 13.9. The van der Waals surface area contributed by atoms with Crippen molar-refractivity contribution < 1.29 is 13.2 Å². The first kappa shape index (κ1) is 19.6. The molecule has 0 spiro atoms. The van der Waals surface area contributed by atoms with E-state index < -0.39 is 23.1 Å². The van der Waals surface area contributed by atoms with E-state index in [1.54, 1.807) is 12.1 Å². The zero-order chi connectivity index (χ0) is 20.5. The Bertz CT molecular complexity index is 996. The van der Waals surface area contributed by atoms with Crippen LogP contribution in [0.2, 0.25) is 0 Å². The Kier molecular flexibility index (Phi) is 5.35. The molecule has 0 bridgehead atoms. The molecule has 0 unspecified atom stereocenters. The predicted octanol–water partition coefficient (Wildman–Crippen LogP) is 7.31. The molecule has 1 aliphatic rings. The van der Waals surface area contributed by atoms with Gasteiger partial charge in [-0.15, -0.1) is 0 Å². The van der Waals surface area contributed by atoms with E-state index in [0.29, 0.717) is 5.92 Å². The minimum Gasteiger partial charge on any atom is -0.394 e. The van der Waals surface area contributed by atoms with Crippen LogP contribution in [0.4, 0.5) is 18.9 Å². The second-order valence-corrected chi connectivity index (χ2v) is 8.13. The van der Waals surface area contributed by atoms with E-state index in [-0.39, 0.29) is 11.1 Å². The normalized spacial score (nSPS) is 19.3. The van der Waals surface area contributed by atoms with Crippen LogP contribution in [0.15, 0.2) is 54.6 Å². The van der Waals surface area contributed by atoms with Gasteiger partial charge in [-0.05, 0) is 65.1 Å². The molecule has 1 aliphatic carbocycles. The van der Waals surface area contributed by atoms with Crippen molar-refractivity contribution in [2.75, 3.05) is 5.73 Å². The molecule has 0 heterocycles. The molecule has 3 aromatic carbocycles. The molecule has 4 heteroatoms. The fraction of sp³-hybridized carbons (Fsp3) is 0.280. The molecule has 1 fully saturated rings. The van der Waals surface area contributed by atoms with Gasteiger partial charge in [0, 0.05) is 5.56 Å². The second-order valence-electron chi connectivity index (χ2n) is 8.13. The molecule has 0 saturated heterocycles. The first-order valence-electron chi connectivity index (χ1n) is 10.1. The average molecular weight is 395 g/mol. The molecule has 29 heavy (non-hydrogen) atoms.